The standard InChI is InChI=1S/C15H15Cl2N3/c1-18-14-10-4-2-3-5-13(10)19-15(20-14)11-8-9(16)6-7-12(11)17/h6-8H,2-5H2,1H3,(H,18,19,20). The van der Waals surface area contributed by atoms with E-state index < -0.39 is 0 Å². The molecule has 0 bridgehead atoms. The molecule has 0 spiro atoms. The summed E-state index contributed by atoms with van der Waals surface area (Å²) in [5.74, 6) is 1.54. The van der Waals surface area contributed by atoms with Crippen molar-refractivity contribution in [1.82, 2.24) is 9.97 Å². The zero-order valence-electron chi connectivity index (χ0n) is 11.2. The lowest BCUT2D eigenvalue weighted by molar-refractivity contribution is 0.665. The fourth-order valence-electron chi connectivity index (χ4n) is 2.59. The molecule has 3 nitrogen and oxygen atoms in total. The third-order valence-electron chi connectivity index (χ3n) is 3.59. The summed E-state index contributed by atoms with van der Waals surface area (Å²) in [5.41, 5.74) is 3.14. The van der Waals surface area contributed by atoms with Crippen molar-refractivity contribution in [3.8, 4) is 11.4 Å². The number of anilines is 1. The van der Waals surface area contributed by atoms with Crippen molar-refractivity contribution in [3.63, 3.8) is 0 Å². The third kappa shape index (κ3) is 2.48. The molecule has 3 rings (SSSR count). The van der Waals surface area contributed by atoms with Crippen LogP contribution in [-0.4, -0.2) is 17.0 Å². The molecule has 2 aromatic rings. The van der Waals surface area contributed by atoms with Crippen LogP contribution < -0.4 is 5.32 Å². The van der Waals surface area contributed by atoms with Crippen LogP contribution in [0.3, 0.4) is 0 Å². The number of rotatable bonds is 2. The van der Waals surface area contributed by atoms with Gasteiger partial charge in [0, 0.05) is 28.9 Å². The Morgan fingerprint density at radius 2 is 1.90 bits per heavy atom. The van der Waals surface area contributed by atoms with Gasteiger partial charge in [-0.25, -0.2) is 9.97 Å². The Labute approximate surface area is 128 Å². The number of hydrogen-bond acceptors (Lipinski definition) is 3. The summed E-state index contributed by atoms with van der Waals surface area (Å²) in [5, 5.41) is 4.43. The van der Waals surface area contributed by atoms with Crippen molar-refractivity contribution in [2.24, 2.45) is 0 Å². The molecule has 0 saturated carbocycles. The van der Waals surface area contributed by atoms with Gasteiger partial charge in [-0.15, -0.1) is 0 Å². The zero-order valence-corrected chi connectivity index (χ0v) is 12.7. The lowest BCUT2D eigenvalue weighted by Crippen LogP contribution is -2.12. The molecule has 104 valence electrons. The number of aromatic nitrogens is 2. The van der Waals surface area contributed by atoms with Crippen LogP contribution in [-0.2, 0) is 12.8 Å². The molecule has 0 amide bonds. The summed E-state index contributed by atoms with van der Waals surface area (Å²) in [6, 6.07) is 5.36. The van der Waals surface area contributed by atoms with Crippen LogP contribution in [0.1, 0.15) is 24.1 Å². The lowest BCUT2D eigenvalue weighted by atomic mass is 9.96. The van der Waals surface area contributed by atoms with Crippen molar-refractivity contribution in [1.29, 1.82) is 0 Å². The van der Waals surface area contributed by atoms with Crippen LogP contribution in [0.25, 0.3) is 11.4 Å². The number of hydrogen-bond donors (Lipinski definition) is 1. The average molecular weight is 308 g/mol. The van der Waals surface area contributed by atoms with E-state index in [0.717, 1.165) is 29.9 Å². The molecule has 1 aromatic heterocycles. The van der Waals surface area contributed by atoms with Crippen molar-refractivity contribution in [3.05, 3.63) is 39.5 Å². The third-order valence-corrected chi connectivity index (χ3v) is 4.15. The molecule has 0 unspecified atom stereocenters. The number of aryl methyl sites for hydroxylation is 1. The maximum Gasteiger partial charge on any atom is 0.163 e. The summed E-state index contributed by atoms with van der Waals surface area (Å²) in [6.07, 6.45) is 4.41. The van der Waals surface area contributed by atoms with Gasteiger partial charge < -0.3 is 5.32 Å². The molecule has 1 aliphatic carbocycles. The highest BCUT2D eigenvalue weighted by atomic mass is 35.5. The molecule has 0 fully saturated rings. The molecule has 20 heavy (non-hydrogen) atoms. The Kier molecular flexibility index (Phi) is 3.81. The van der Waals surface area contributed by atoms with Crippen LogP contribution in [0.15, 0.2) is 18.2 Å². The fraction of sp³-hybridized carbons (Fsp3) is 0.333. The van der Waals surface area contributed by atoms with Crippen molar-refractivity contribution in [2.45, 2.75) is 25.7 Å². The summed E-state index contributed by atoms with van der Waals surface area (Å²) >= 11 is 12.3. The Morgan fingerprint density at radius 3 is 2.70 bits per heavy atom. The Hall–Kier alpha value is -1.32. The second-order valence-corrected chi connectivity index (χ2v) is 5.75. The van der Waals surface area contributed by atoms with Gasteiger partial charge in [0.15, 0.2) is 5.82 Å². The predicted molar refractivity (Wildman–Crippen MR) is 83.7 cm³/mol. The van der Waals surface area contributed by atoms with Crippen molar-refractivity contribution in [2.75, 3.05) is 12.4 Å². The molecule has 0 atom stereocenters. The van der Waals surface area contributed by atoms with Crippen LogP contribution in [0.5, 0.6) is 0 Å². The van der Waals surface area contributed by atoms with Crippen LogP contribution >= 0.6 is 23.2 Å². The molecule has 0 radical (unpaired) electrons. The van der Waals surface area contributed by atoms with Crippen LogP contribution in [0.4, 0.5) is 5.82 Å². The monoisotopic (exact) mass is 307 g/mol. The first-order valence-corrected chi connectivity index (χ1v) is 7.47. The minimum atomic E-state index is 0.618. The van der Waals surface area contributed by atoms with Gasteiger partial charge in [-0.1, -0.05) is 23.2 Å². The normalized spacial score (nSPS) is 13.9. The van der Waals surface area contributed by atoms with E-state index in [0.29, 0.717) is 15.9 Å². The molecule has 5 heteroatoms. The van der Waals surface area contributed by atoms with Gasteiger partial charge in [-0.3, -0.25) is 0 Å². The first-order chi connectivity index (χ1) is 9.69. The highest BCUT2D eigenvalue weighted by Gasteiger charge is 2.18. The topological polar surface area (TPSA) is 37.8 Å². The van der Waals surface area contributed by atoms with Crippen LogP contribution in [0, 0.1) is 0 Å². The summed E-state index contributed by atoms with van der Waals surface area (Å²) in [4.78, 5) is 9.31. The van der Waals surface area contributed by atoms with Gasteiger partial charge >= 0.3 is 0 Å². The number of nitrogens with one attached hydrogen (secondary N) is 1. The van der Waals surface area contributed by atoms with E-state index in [1.807, 2.05) is 13.1 Å². The van der Waals surface area contributed by atoms with E-state index in [-0.39, 0.29) is 0 Å². The smallest absolute Gasteiger partial charge is 0.163 e. The maximum atomic E-state index is 6.25. The number of benzene rings is 1. The summed E-state index contributed by atoms with van der Waals surface area (Å²) < 4.78 is 0. The number of nitrogens with zero attached hydrogens (tertiary/aromatic N) is 2. The van der Waals surface area contributed by atoms with E-state index >= 15 is 0 Å². The van der Waals surface area contributed by atoms with E-state index in [4.69, 9.17) is 28.2 Å². The average Bonchev–Trinajstić information content (AvgIpc) is 2.48. The maximum absolute atomic E-state index is 6.25. The molecule has 1 aliphatic rings. The Bertz CT molecular complexity index is 639. The lowest BCUT2D eigenvalue weighted by Gasteiger charge is -2.19. The van der Waals surface area contributed by atoms with E-state index in [9.17, 15) is 0 Å². The Balaban J connectivity index is 2.17. The minimum absolute atomic E-state index is 0.618. The highest BCUT2D eigenvalue weighted by Crippen LogP contribution is 2.32. The van der Waals surface area contributed by atoms with Gasteiger partial charge in [-0.05, 0) is 43.9 Å². The molecular formula is C15H15Cl2N3. The zero-order chi connectivity index (χ0) is 14.1. The summed E-state index contributed by atoms with van der Waals surface area (Å²) in [7, 11) is 1.89. The van der Waals surface area contributed by atoms with Gasteiger partial charge in [-0.2, -0.15) is 0 Å². The molecule has 0 saturated heterocycles. The van der Waals surface area contributed by atoms with E-state index in [1.54, 1.807) is 12.1 Å². The van der Waals surface area contributed by atoms with Crippen molar-refractivity contribution >= 4 is 29.0 Å². The van der Waals surface area contributed by atoms with Gasteiger partial charge in [0.25, 0.3) is 0 Å². The predicted octanol–water partition coefficient (Wildman–Crippen LogP) is 4.37. The van der Waals surface area contributed by atoms with Gasteiger partial charge in [0.05, 0.1) is 5.02 Å². The second kappa shape index (κ2) is 5.58. The van der Waals surface area contributed by atoms with E-state index in [1.165, 1.54) is 18.4 Å². The van der Waals surface area contributed by atoms with Crippen molar-refractivity contribution < 1.29 is 0 Å². The first-order valence-electron chi connectivity index (χ1n) is 6.72. The molecule has 1 aromatic carbocycles. The highest BCUT2D eigenvalue weighted by molar-refractivity contribution is 6.35. The fourth-order valence-corrected chi connectivity index (χ4v) is 2.96. The molecule has 1 N–H and O–H groups in total. The van der Waals surface area contributed by atoms with Gasteiger partial charge in [0.2, 0.25) is 0 Å². The largest absolute Gasteiger partial charge is 0.373 e. The van der Waals surface area contributed by atoms with Crippen LogP contribution in [0.2, 0.25) is 10.0 Å². The number of fused-ring (bicyclic) bond motifs is 1. The first kappa shape index (κ1) is 13.7. The minimum Gasteiger partial charge on any atom is -0.373 e. The van der Waals surface area contributed by atoms with Gasteiger partial charge in [0.1, 0.15) is 5.82 Å². The second-order valence-electron chi connectivity index (χ2n) is 4.90. The quantitative estimate of drug-likeness (QED) is 0.895. The van der Waals surface area contributed by atoms with E-state index in [2.05, 4.69) is 10.3 Å². The molecular weight excluding hydrogens is 293 g/mol. The SMILES string of the molecule is CNc1nc(-c2cc(Cl)ccc2Cl)nc2c1CCCC2. The Morgan fingerprint density at radius 1 is 1.10 bits per heavy atom. The number of halogens is 2. The molecule has 1 heterocycles. The summed E-state index contributed by atoms with van der Waals surface area (Å²) in [6.45, 7) is 0. The molecule has 0 aliphatic heterocycles.